The van der Waals surface area contributed by atoms with Crippen molar-refractivity contribution in [2.24, 2.45) is 0 Å². The molecule has 0 bridgehead atoms. The zero-order valence-corrected chi connectivity index (χ0v) is 15.9. The summed E-state index contributed by atoms with van der Waals surface area (Å²) in [4.78, 5) is 12.9. The molecular weight excluding hydrogens is 364 g/mol. The minimum atomic E-state index is -1.05. The molecule has 0 saturated heterocycles. The zero-order valence-electron chi connectivity index (χ0n) is 15.1. The van der Waals surface area contributed by atoms with E-state index in [2.05, 4.69) is 4.72 Å². The van der Waals surface area contributed by atoms with Crippen LogP contribution >= 0.6 is 11.9 Å². The number of aliphatic hydroxyl groups excluding tert-OH is 1. The van der Waals surface area contributed by atoms with Gasteiger partial charge in [-0.3, -0.25) is 4.79 Å². The fourth-order valence-corrected chi connectivity index (χ4v) is 3.31. The SMILES string of the molecule is COc1ccc(NSC(=O)C2=C(O)C(C)(C)Oc3ccc(C#N)cc32)cc1. The molecule has 0 atom stereocenters. The highest BCUT2D eigenvalue weighted by Gasteiger charge is 2.38. The number of carbonyl (C=O) groups is 1. The van der Waals surface area contributed by atoms with Crippen molar-refractivity contribution in [3.63, 3.8) is 0 Å². The second-order valence-corrected chi connectivity index (χ2v) is 7.16. The van der Waals surface area contributed by atoms with Gasteiger partial charge in [-0.1, -0.05) is 0 Å². The van der Waals surface area contributed by atoms with Crippen LogP contribution in [0.5, 0.6) is 11.5 Å². The normalized spacial score (nSPS) is 14.6. The Morgan fingerprint density at radius 1 is 1.26 bits per heavy atom. The van der Waals surface area contributed by atoms with Crippen LogP contribution in [0.3, 0.4) is 0 Å². The third-order valence-electron chi connectivity index (χ3n) is 4.11. The van der Waals surface area contributed by atoms with Crippen LogP contribution in [-0.4, -0.2) is 22.9 Å². The van der Waals surface area contributed by atoms with Crippen LogP contribution < -0.4 is 14.2 Å². The lowest BCUT2D eigenvalue weighted by Crippen LogP contribution is -2.35. The maximum atomic E-state index is 12.9. The average Bonchev–Trinajstić information content (AvgIpc) is 2.67. The Hall–Kier alpha value is -3.11. The topological polar surface area (TPSA) is 91.6 Å². The van der Waals surface area contributed by atoms with E-state index >= 15 is 0 Å². The fraction of sp³-hybridized carbons (Fsp3) is 0.200. The molecule has 6 nitrogen and oxygen atoms in total. The van der Waals surface area contributed by atoms with Crippen LogP contribution in [0.1, 0.15) is 25.0 Å². The summed E-state index contributed by atoms with van der Waals surface area (Å²) in [6, 6.07) is 13.9. The van der Waals surface area contributed by atoms with Gasteiger partial charge in [0.25, 0.3) is 0 Å². The molecule has 0 aliphatic carbocycles. The molecular formula is C20H18N2O4S. The average molecular weight is 382 g/mol. The maximum absolute atomic E-state index is 12.9. The molecule has 27 heavy (non-hydrogen) atoms. The molecule has 0 unspecified atom stereocenters. The summed E-state index contributed by atoms with van der Waals surface area (Å²) in [6.07, 6.45) is 0. The van der Waals surface area contributed by atoms with E-state index in [4.69, 9.17) is 14.7 Å². The number of methoxy groups -OCH3 is 1. The number of ether oxygens (including phenoxy) is 2. The molecule has 2 aromatic rings. The van der Waals surface area contributed by atoms with Crippen LogP contribution in [0.25, 0.3) is 5.57 Å². The molecule has 0 radical (unpaired) electrons. The summed E-state index contributed by atoms with van der Waals surface area (Å²) in [5.74, 6) is 0.991. The number of aliphatic hydroxyl groups is 1. The lowest BCUT2D eigenvalue weighted by Gasteiger charge is -2.33. The summed E-state index contributed by atoms with van der Waals surface area (Å²) in [5, 5.41) is 19.4. The van der Waals surface area contributed by atoms with Crippen molar-refractivity contribution in [3.05, 3.63) is 59.4 Å². The summed E-state index contributed by atoms with van der Waals surface area (Å²) in [7, 11) is 1.58. The van der Waals surface area contributed by atoms with E-state index in [-0.39, 0.29) is 16.4 Å². The minimum absolute atomic E-state index is 0.129. The summed E-state index contributed by atoms with van der Waals surface area (Å²) >= 11 is 0.845. The van der Waals surface area contributed by atoms with Gasteiger partial charge in [0.2, 0.25) is 5.12 Å². The van der Waals surface area contributed by atoms with E-state index in [0.29, 0.717) is 28.3 Å². The van der Waals surface area contributed by atoms with E-state index in [1.807, 2.05) is 6.07 Å². The molecule has 1 aliphatic rings. The number of nitrogens with one attached hydrogen (secondary N) is 1. The maximum Gasteiger partial charge on any atom is 0.243 e. The third kappa shape index (κ3) is 3.71. The van der Waals surface area contributed by atoms with Crippen molar-refractivity contribution in [3.8, 4) is 17.6 Å². The second kappa shape index (κ2) is 7.25. The van der Waals surface area contributed by atoms with Gasteiger partial charge >= 0.3 is 0 Å². The molecule has 0 aromatic heterocycles. The fourth-order valence-electron chi connectivity index (χ4n) is 2.66. The van der Waals surface area contributed by atoms with Crippen LogP contribution in [0.15, 0.2) is 48.2 Å². The molecule has 138 valence electrons. The molecule has 1 heterocycles. The predicted octanol–water partition coefficient (Wildman–Crippen LogP) is 4.29. The molecule has 2 N–H and O–H groups in total. The first-order valence-corrected chi connectivity index (χ1v) is 8.96. The van der Waals surface area contributed by atoms with Gasteiger partial charge in [0.15, 0.2) is 5.60 Å². The lowest BCUT2D eigenvalue weighted by molar-refractivity contribution is -0.106. The van der Waals surface area contributed by atoms with Crippen LogP contribution in [0.4, 0.5) is 5.69 Å². The highest BCUT2D eigenvalue weighted by atomic mass is 32.2. The summed E-state index contributed by atoms with van der Waals surface area (Å²) < 4.78 is 13.9. The number of benzene rings is 2. The van der Waals surface area contributed by atoms with Gasteiger partial charge in [-0.05, 0) is 56.3 Å². The second-order valence-electron chi connectivity index (χ2n) is 6.38. The van der Waals surface area contributed by atoms with Gasteiger partial charge in [0.1, 0.15) is 17.3 Å². The Kier molecular flexibility index (Phi) is 5.02. The molecule has 1 aliphatic heterocycles. The molecule has 0 saturated carbocycles. The van der Waals surface area contributed by atoms with Gasteiger partial charge in [0.05, 0.1) is 24.3 Å². The molecule has 0 spiro atoms. The smallest absolute Gasteiger partial charge is 0.243 e. The Labute approximate surface area is 161 Å². The summed E-state index contributed by atoms with van der Waals surface area (Å²) in [6.45, 7) is 3.36. The first kappa shape index (κ1) is 18.7. The van der Waals surface area contributed by atoms with Crippen molar-refractivity contribution >= 4 is 28.3 Å². The first-order chi connectivity index (χ1) is 12.9. The number of hydrogen-bond acceptors (Lipinski definition) is 7. The Morgan fingerprint density at radius 2 is 1.96 bits per heavy atom. The zero-order chi connectivity index (χ0) is 19.6. The number of nitriles is 1. The third-order valence-corrected chi connectivity index (χ3v) is 4.83. The molecule has 7 heteroatoms. The van der Waals surface area contributed by atoms with Crippen molar-refractivity contribution in [2.75, 3.05) is 11.8 Å². The number of rotatable bonds is 4. The van der Waals surface area contributed by atoms with Crippen LogP contribution in [0.2, 0.25) is 0 Å². The highest BCUT2D eigenvalue weighted by Crippen LogP contribution is 2.42. The molecule has 0 fully saturated rings. The minimum Gasteiger partial charge on any atom is -0.507 e. The van der Waals surface area contributed by atoms with Crippen molar-refractivity contribution in [1.29, 1.82) is 5.26 Å². The van der Waals surface area contributed by atoms with Crippen LogP contribution in [-0.2, 0) is 4.79 Å². The first-order valence-electron chi connectivity index (χ1n) is 8.14. The Balaban J connectivity index is 1.90. The van der Waals surface area contributed by atoms with Gasteiger partial charge in [-0.25, -0.2) is 0 Å². The van der Waals surface area contributed by atoms with Crippen molar-refractivity contribution < 1.29 is 19.4 Å². The van der Waals surface area contributed by atoms with Gasteiger partial charge < -0.3 is 19.3 Å². The number of nitrogens with zero attached hydrogens (tertiary/aromatic N) is 1. The molecule has 0 amide bonds. The Bertz CT molecular complexity index is 959. The quantitative estimate of drug-likeness (QED) is 0.762. The number of hydrogen-bond donors (Lipinski definition) is 2. The molecule has 2 aromatic carbocycles. The standard InChI is InChI=1S/C20H18N2O4S/c1-20(2)18(23)17(15-10-12(11-21)4-9-16(15)26-20)19(24)27-22-13-5-7-14(25-3)8-6-13/h4-10,22-23H,1-3H3. The van der Waals surface area contributed by atoms with Crippen molar-refractivity contribution in [1.82, 2.24) is 0 Å². The number of anilines is 1. The Morgan fingerprint density at radius 3 is 2.59 bits per heavy atom. The number of carbonyl (C=O) groups excluding carboxylic acids is 1. The van der Waals surface area contributed by atoms with E-state index in [0.717, 1.165) is 11.9 Å². The van der Waals surface area contributed by atoms with Gasteiger partial charge in [0, 0.05) is 23.2 Å². The predicted molar refractivity (Wildman–Crippen MR) is 105 cm³/mol. The monoisotopic (exact) mass is 382 g/mol. The lowest BCUT2D eigenvalue weighted by atomic mass is 9.92. The van der Waals surface area contributed by atoms with Crippen molar-refractivity contribution in [2.45, 2.75) is 19.4 Å². The van der Waals surface area contributed by atoms with E-state index in [1.54, 1.807) is 63.4 Å². The summed E-state index contributed by atoms with van der Waals surface area (Å²) in [5.41, 5.74) is 0.575. The van der Waals surface area contributed by atoms with Gasteiger partial charge in [-0.15, -0.1) is 0 Å². The highest BCUT2D eigenvalue weighted by molar-refractivity contribution is 8.15. The van der Waals surface area contributed by atoms with E-state index in [1.165, 1.54) is 0 Å². The molecule has 3 rings (SSSR count). The number of fused-ring (bicyclic) bond motifs is 1. The largest absolute Gasteiger partial charge is 0.507 e. The van der Waals surface area contributed by atoms with Gasteiger partial charge in [-0.2, -0.15) is 5.26 Å². The van der Waals surface area contributed by atoms with E-state index < -0.39 is 5.60 Å². The van der Waals surface area contributed by atoms with E-state index in [9.17, 15) is 9.90 Å². The van der Waals surface area contributed by atoms with Crippen LogP contribution in [0, 0.1) is 11.3 Å².